The first-order valence-electron chi connectivity index (χ1n) is 6.62. The summed E-state index contributed by atoms with van der Waals surface area (Å²) in [7, 11) is -2.97. The number of hydrogen-bond donors (Lipinski definition) is 1. The fourth-order valence-electron chi connectivity index (χ4n) is 2.24. The molecule has 0 radical (unpaired) electrons. The summed E-state index contributed by atoms with van der Waals surface area (Å²) < 4.78 is 22.8. The molecule has 0 aliphatic heterocycles. The number of nitrogens with one attached hydrogen (secondary N) is 1. The Kier molecular flexibility index (Phi) is 4.67. The molecule has 0 spiro atoms. The van der Waals surface area contributed by atoms with Crippen LogP contribution in [0, 0.1) is 0 Å². The van der Waals surface area contributed by atoms with Crippen LogP contribution in [0.3, 0.4) is 0 Å². The Morgan fingerprint density at radius 3 is 2.70 bits per heavy atom. The number of fused-ring (bicyclic) bond motifs is 1. The van der Waals surface area contributed by atoms with E-state index in [0.717, 1.165) is 23.1 Å². The van der Waals surface area contributed by atoms with Crippen molar-refractivity contribution in [1.29, 1.82) is 0 Å². The van der Waals surface area contributed by atoms with Crippen LogP contribution < -0.4 is 5.32 Å². The van der Waals surface area contributed by atoms with Gasteiger partial charge in [0.05, 0.1) is 16.8 Å². The normalized spacial score (nSPS) is 13.5. The minimum atomic E-state index is -2.97. The zero-order valence-corrected chi connectivity index (χ0v) is 12.5. The summed E-state index contributed by atoms with van der Waals surface area (Å²) >= 11 is 0. The van der Waals surface area contributed by atoms with Crippen molar-refractivity contribution in [3.05, 3.63) is 36.2 Å². The summed E-state index contributed by atoms with van der Waals surface area (Å²) in [5, 5.41) is 3.33. The Labute approximate surface area is 119 Å². The van der Waals surface area contributed by atoms with E-state index in [1.54, 1.807) is 12.4 Å². The molecule has 0 saturated carbocycles. The Hall–Kier alpha value is -1.53. The van der Waals surface area contributed by atoms with Crippen molar-refractivity contribution >= 4 is 20.9 Å². The van der Waals surface area contributed by atoms with Gasteiger partial charge in [0.25, 0.3) is 0 Å². The third-order valence-corrected chi connectivity index (χ3v) is 4.11. The van der Waals surface area contributed by atoms with Gasteiger partial charge in [-0.1, -0.05) is 19.1 Å². The summed E-state index contributed by atoms with van der Waals surface area (Å²) in [5.74, 6) is 0.154. The molecule has 0 aliphatic carbocycles. The average molecular weight is 293 g/mol. The summed E-state index contributed by atoms with van der Waals surface area (Å²) in [5.41, 5.74) is 2.66. The fraction of sp³-hybridized carbons (Fsp3) is 0.429. The predicted molar refractivity (Wildman–Crippen MR) is 80.3 cm³/mol. The summed E-state index contributed by atoms with van der Waals surface area (Å²) in [6, 6.07) is 5.78. The molecule has 108 valence electrons. The molecule has 0 fully saturated rings. The lowest BCUT2D eigenvalue weighted by Crippen LogP contribution is -2.24. The highest BCUT2D eigenvalue weighted by Gasteiger charge is 2.16. The van der Waals surface area contributed by atoms with E-state index in [0.29, 0.717) is 6.42 Å². The van der Waals surface area contributed by atoms with Crippen LogP contribution in [0.1, 0.15) is 24.9 Å². The molecular formula is C14H19N3O2S. The van der Waals surface area contributed by atoms with Crippen molar-refractivity contribution in [2.24, 2.45) is 0 Å². The quantitative estimate of drug-likeness (QED) is 0.878. The van der Waals surface area contributed by atoms with E-state index in [1.165, 1.54) is 6.26 Å². The first-order valence-corrected chi connectivity index (χ1v) is 8.68. The van der Waals surface area contributed by atoms with Gasteiger partial charge in [-0.05, 0) is 24.6 Å². The maximum absolute atomic E-state index is 11.4. The van der Waals surface area contributed by atoms with Crippen molar-refractivity contribution in [1.82, 2.24) is 15.3 Å². The molecule has 1 aromatic carbocycles. The van der Waals surface area contributed by atoms with E-state index in [9.17, 15) is 8.42 Å². The molecule has 0 amide bonds. The molecule has 0 bridgehead atoms. The standard InChI is InChI=1S/C14H19N3O2S/c1-3-15-12(7-10-20(2,18)19)11-5-4-6-13-14(11)17-9-8-16-13/h4-6,8-9,12,15H,3,7,10H2,1-2H3. The van der Waals surface area contributed by atoms with Crippen molar-refractivity contribution in [3.63, 3.8) is 0 Å². The minimum absolute atomic E-state index is 0.0323. The summed E-state index contributed by atoms with van der Waals surface area (Å²) in [6.07, 6.45) is 5.11. The highest BCUT2D eigenvalue weighted by atomic mass is 32.2. The van der Waals surface area contributed by atoms with Gasteiger partial charge in [0.2, 0.25) is 0 Å². The Morgan fingerprint density at radius 1 is 1.25 bits per heavy atom. The van der Waals surface area contributed by atoms with E-state index < -0.39 is 9.84 Å². The molecule has 2 aromatic rings. The highest BCUT2D eigenvalue weighted by Crippen LogP contribution is 2.24. The van der Waals surface area contributed by atoms with Gasteiger partial charge in [0.15, 0.2) is 0 Å². The molecule has 1 atom stereocenters. The average Bonchev–Trinajstić information content (AvgIpc) is 2.42. The number of para-hydroxylation sites is 1. The van der Waals surface area contributed by atoms with Crippen LogP contribution in [0.5, 0.6) is 0 Å². The second kappa shape index (κ2) is 6.28. The predicted octanol–water partition coefficient (Wildman–Crippen LogP) is 1.72. The topological polar surface area (TPSA) is 72.0 Å². The van der Waals surface area contributed by atoms with Gasteiger partial charge >= 0.3 is 0 Å². The molecular weight excluding hydrogens is 274 g/mol. The first-order chi connectivity index (χ1) is 9.51. The molecule has 1 N–H and O–H groups in total. The number of rotatable bonds is 6. The molecule has 1 aromatic heterocycles. The Bertz CT molecular complexity index is 680. The second-order valence-corrected chi connectivity index (χ2v) is 7.06. The van der Waals surface area contributed by atoms with Gasteiger partial charge in [-0.15, -0.1) is 0 Å². The van der Waals surface area contributed by atoms with Crippen LogP contribution in [-0.4, -0.2) is 36.9 Å². The monoisotopic (exact) mass is 293 g/mol. The fourth-order valence-corrected chi connectivity index (χ4v) is 2.91. The van der Waals surface area contributed by atoms with Gasteiger partial charge < -0.3 is 5.32 Å². The molecule has 0 aliphatic rings. The molecule has 6 heteroatoms. The molecule has 0 saturated heterocycles. The van der Waals surface area contributed by atoms with Crippen LogP contribution in [0.15, 0.2) is 30.6 Å². The van der Waals surface area contributed by atoms with Crippen LogP contribution in [-0.2, 0) is 9.84 Å². The number of benzene rings is 1. The van der Waals surface area contributed by atoms with E-state index in [-0.39, 0.29) is 11.8 Å². The van der Waals surface area contributed by atoms with Crippen LogP contribution in [0.4, 0.5) is 0 Å². The first kappa shape index (κ1) is 14.9. The lowest BCUT2D eigenvalue weighted by molar-refractivity contribution is 0.532. The van der Waals surface area contributed by atoms with Crippen molar-refractivity contribution < 1.29 is 8.42 Å². The van der Waals surface area contributed by atoms with Crippen molar-refractivity contribution in [2.45, 2.75) is 19.4 Å². The highest BCUT2D eigenvalue weighted by molar-refractivity contribution is 7.90. The van der Waals surface area contributed by atoms with E-state index >= 15 is 0 Å². The zero-order valence-electron chi connectivity index (χ0n) is 11.7. The van der Waals surface area contributed by atoms with Gasteiger partial charge in [-0.3, -0.25) is 9.97 Å². The lowest BCUT2D eigenvalue weighted by Gasteiger charge is -2.19. The van der Waals surface area contributed by atoms with Crippen LogP contribution >= 0.6 is 0 Å². The number of hydrogen-bond acceptors (Lipinski definition) is 5. The maximum atomic E-state index is 11.4. The number of sulfone groups is 1. The number of aromatic nitrogens is 2. The molecule has 1 heterocycles. The summed E-state index contributed by atoms with van der Waals surface area (Å²) in [6.45, 7) is 2.77. The van der Waals surface area contributed by atoms with Gasteiger partial charge in [0, 0.05) is 24.7 Å². The Morgan fingerprint density at radius 2 is 2.00 bits per heavy atom. The summed E-state index contributed by atoms with van der Waals surface area (Å²) in [4.78, 5) is 8.66. The molecule has 5 nitrogen and oxygen atoms in total. The third kappa shape index (κ3) is 3.74. The molecule has 2 rings (SSSR count). The SMILES string of the molecule is CCNC(CCS(C)(=O)=O)c1cccc2nccnc12. The van der Waals surface area contributed by atoms with Crippen LogP contribution in [0.25, 0.3) is 11.0 Å². The molecule has 20 heavy (non-hydrogen) atoms. The minimum Gasteiger partial charge on any atom is -0.310 e. The van der Waals surface area contributed by atoms with Gasteiger partial charge in [-0.25, -0.2) is 8.42 Å². The smallest absolute Gasteiger partial charge is 0.147 e. The lowest BCUT2D eigenvalue weighted by atomic mass is 10.0. The van der Waals surface area contributed by atoms with Crippen LogP contribution in [0.2, 0.25) is 0 Å². The maximum Gasteiger partial charge on any atom is 0.147 e. The van der Waals surface area contributed by atoms with E-state index in [1.807, 2.05) is 25.1 Å². The number of nitrogens with zero attached hydrogens (tertiary/aromatic N) is 2. The zero-order chi connectivity index (χ0) is 14.6. The largest absolute Gasteiger partial charge is 0.310 e. The van der Waals surface area contributed by atoms with Gasteiger partial charge in [0.1, 0.15) is 9.84 Å². The van der Waals surface area contributed by atoms with Crippen molar-refractivity contribution in [2.75, 3.05) is 18.6 Å². The second-order valence-electron chi connectivity index (χ2n) is 4.80. The van der Waals surface area contributed by atoms with Gasteiger partial charge in [-0.2, -0.15) is 0 Å². The Balaban J connectivity index is 2.36. The molecule has 1 unspecified atom stereocenters. The van der Waals surface area contributed by atoms with Crippen molar-refractivity contribution in [3.8, 4) is 0 Å². The third-order valence-electron chi connectivity index (χ3n) is 3.13. The van der Waals surface area contributed by atoms with E-state index in [2.05, 4.69) is 15.3 Å². The van der Waals surface area contributed by atoms with E-state index in [4.69, 9.17) is 0 Å².